The lowest BCUT2D eigenvalue weighted by Gasteiger charge is -2.15. The molecular weight excluding hydrogens is 256 g/mol. The van der Waals surface area contributed by atoms with Crippen molar-refractivity contribution in [3.05, 3.63) is 29.3 Å². The van der Waals surface area contributed by atoms with E-state index in [1.807, 2.05) is 39.0 Å². The molecule has 0 heterocycles. The Labute approximate surface area is 119 Å². The SMILES string of the molecule is CCC(CNC(=O)Nc1c(C)cccc1C)CC(=O)O. The number of aliphatic carboxylic acids is 1. The summed E-state index contributed by atoms with van der Waals surface area (Å²) < 4.78 is 0. The van der Waals surface area contributed by atoms with Crippen LogP contribution < -0.4 is 10.6 Å². The summed E-state index contributed by atoms with van der Waals surface area (Å²) >= 11 is 0. The second-order valence-electron chi connectivity index (χ2n) is 4.97. The molecule has 0 aliphatic rings. The van der Waals surface area contributed by atoms with E-state index >= 15 is 0 Å². The minimum atomic E-state index is -0.839. The van der Waals surface area contributed by atoms with Crippen molar-refractivity contribution in [3.8, 4) is 0 Å². The van der Waals surface area contributed by atoms with Crippen molar-refractivity contribution >= 4 is 17.7 Å². The molecular formula is C15H22N2O3. The van der Waals surface area contributed by atoms with Gasteiger partial charge in [0.25, 0.3) is 0 Å². The highest BCUT2D eigenvalue weighted by molar-refractivity contribution is 5.91. The van der Waals surface area contributed by atoms with Crippen LogP contribution >= 0.6 is 0 Å². The van der Waals surface area contributed by atoms with E-state index in [0.717, 1.165) is 23.2 Å². The fourth-order valence-electron chi connectivity index (χ4n) is 2.01. The Kier molecular flexibility index (Phi) is 6.03. The third-order valence-electron chi connectivity index (χ3n) is 3.31. The molecule has 1 aromatic carbocycles. The molecule has 1 rings (SSSR count). The molecule has 0 aliphatic carbocycles. The number of urea groups is 1. The summed E-state index contributed by atoms with van der Waals surface area (Å²) in [6.45, 7) is 6.14. The maximum Gasteiger partial charge on any atom is 0.319 e. The third-order valence-corrected chi connectivity index (χ3v) is 3.31. The zero-order valence-electron chi connectivity index (χ0n) is 12.2. The highest BCUT2D eigenvalue weighted by Crippen LogP contribution is 2.19. The number of carbonyl (C=O) groups excluding carboxylic acids is 1. The van der Waals surface area contributed by atoms with Crippen LogP contribution in [0.2, 0.25) is 0 Å². The van der Waals surface area contributed by atoms with Gasteiger partial charge in [-0.25, -0.2) is 4.79 Å². The van der Waals surface area contributed by atoms with Gasteiger partial charge in [-0.3, -0.25) is 4.79 Å². The van der Waals surface area contributed by atoms with Gasteiger partial charge in [-0.2, -0.15) is 0 Å². The fraction of sp³-hybridized carbons (Fsp3) is 0.467. The summed E-state index contributed by atoms with van der Waals surface area (Å²) in [5, 5.41) is 14.3. The van der Waals surface area contributed by atoms with Crippen LogP contribution in [0.15, 0.2) is 18.2 Å². The topological polar surface area (TPSA) is 78.4 Å². The molecule has 1 aromatic rings. The van der Waals surface area contributed by atoms with E-state index < -0.39 is 5.97 Å². The smallest absolute Gasteiger partial charge is 0.319 e. The van der Waals surface area contributed by atoms with E-state index in [9.17, 15) is 9.59 Å². The summed E-state index contributed by atoms with van der Waals surface area (Å²) in [6.07, 6.45) is 0.788. The average Bonchev–Trinajstić information content (AvgIpc) is 2.38. The molecule has 1 unspecified atom stereocenters. The lowest BCUT2D eigenvalue weighted by Crippen LogP contribution is -2.34. The van der Waals surface area contributed by atoms with Gasteiger partial charge in [0.2, 0.25) is 0 Å². The van der Waals surface area contributed by atoms with Crippen LogP contribution in [-0.2, 0) is 4.79 Å². The van der Waals surface area contributed by atoms with Crippen LogP contribution in [0, 0.1) is 19.8 Å². The van der Waals surface area contributed by atoms with Crippen molar-refractivity contribution in [2.24, 2.45) is 5.92 Å². The number of hydrogen-bond acceptors (Lipinski definition) is 2. The lowest BCUT2D eigenvalue weighted by molar-refractivity contribution is -0.138. The number of amides is 2. The van der Waals surface area contributed by atoms with Gasteiger partial charge in [-0.1, -0.05) is 31.5 Å². The predicted octanol–water partition coefficient (Wildman–Crippen LogP) is 2.93. The summed E-state index contributed by atoms with van der Waals surface area (Å²) in [7, 11) is 0. The number of aryl methyl sites for hydroxylation is 2. The monoisotopic (exact) mass is 278 g/mol. The van der Waals surface area contributed by atoms with Crippen molar-refractivity contribution in [1.29, 1.82) is 0 Å². The second kappa shape index (κ2) is 7.53. The molecule has 0 fully saturated rings. The van der Waals surface area contributed by atoms with Gasteiger partial charge in [0.05, 0.1) is 0 Å². The van der Waals surface area contributed by atoms with Gasteiger partial charge in [-0.05, 0) is 30.9 Å². The summed E-state index contributed by atoms with van der Waals surface area (Å²) in [6, 6.07) is 5.50. The normalized spacial score (nSPS) is 11.8. The van der Waals surface area contributed by atoms with Gasteiger partial charge in [0, 0.05) is 18.7 Å². The average molecular weight is 278 g/mol. The van der Waals surface area contributed by atoms with Crippen LogP contribution in [0.4, 0.5) is 10.5 Å². The lowest BCUT2D eigenvalue weighted by atomic mass is 10.0. The Morgan fingerprint density at radius 3 is 2.35 bits per heavy atom. The highest BCUT2D eigenvalue weighted by Gasteiger charge is 2.13. The summed E-state index contributed by atoms with van der Waals surface area (Å²) in [5.41, 5.74) is 2.80. The molecule has 0 radical (unpaired) electrons. The first-order valence-corrected chi connectivity index (χ1v) is 6.76. The Morgan fingerprint density at radius 2 is 1.85 bits per heavy atom. The quantitative estimate of drug-likeness (QED) is 0.748. The maximum atomic E-state index is 11.9. The number of rotatable bonds is 6. The Hall–Kier alpha value is -2.04. The molecule has 5 heteroatoms. The Morgan fingerprint density at radius 1 is 1.25 bits per heavy atom. The highest BCUT2D eigenvalue weighted by atomic mass is 16.4. The molecule has 20 heavy (non-hydrogen) atoms. The van der Waals surface area contributed by atoms with Crippen LogP contribution in [0.1, 0.15) is 30.9 Å². The molecule has 0 aromatic heterocycles. The van der Waals surface area contributed by atoms with E-state index in [2.05, 4.69) is 10.6 Å². The van der Waals surface area contributed by atoms with Gasteiger partial charge >= 0.3 is 12.0 Å². The van der Waals surface area contributed by atoms with E-state index in [0.29, 0.717) is 6.54 Å². The number of para-hydroxylation sites is 1. The zero-order chi connectivity index (χ0) is 15.1. The van der Waals surface area contributed by atoms with Gasteiger partial charge in [0.1, 0.15) is 0 Å². The zero-order valence-corrected chi connectivity index (χ0v) is 12.2. The van der Waals surface area contributed by atoms with Crippen molar-refractivity contribution in [2.75, 3.05) is 11.9 Å². The third kappa shape index (κ3) is 4.91. The number of carboxylic acids is 1. The van der Waals surface area contributed by atoms with E-state index in [-0.39, 0.29) is 18.4 Å². The molecule has 1 atom stereocenters. The molecule has 0 spiro atoms. The first-order chi connectivity index (χ1) is 9.43. The van der Waals surface area contributed by atoms with Gasteiger partial charge in [-0.15, -0.1) is 0 Å². The largest absolute Gasteiger partial charge is 0.481 e. The number of benzene rings is 1. The maximum absolute atomic E-state index is 11.9. The van der Waals surface area contributed by atoms with E-state index in [1.165, 1.54) is 0 Å². The van der Waals surface area contributed by atoms with Crippen LogP contribution in [0.25, 0.3) is 0 Å². The minimum Gasteiger partial charge on any atom is -0.481 e. The molecule has 2 amide bonds. The van der Waals surface area contributed by atoms with Crippen LogP contribution in [-0.4, -0.2) is 23.7 Å². The minimum absolute atomic E-state index is 0.0452. The Balaban J connectivity index is 2.53. The first kappa shape index (κ1) is 16.0. The fourth-order valence-corrected chi connectivity index (χ4v) is 2.01. The molecule has 0 bridgehead atoms. The Bertz CT molecular complexity index is 466. The standard InChI is InChI=1S/C15H22N2O3/c1-4-12(8-13(18)19)9-16-15(20)17-14-10(2)6-5-7-11(14)3/h5-7,12H,4,8-9H2,1-3H3,(H,18,19)(H2,16,17,20). The van der Waals surface area contributed by atoms with Gasteiger partial charge in [0.15, 0.2) is 0 Å². The van der Waals surface area contributed by atoms with Crippen molar-refractivity contribution < 1.29 is 14.7 Å². The number of nitrogens with one attached hydrogen (secondary N) is 2. The van der Waals surface area contributed by atoms with E-state index in [4.69, 9.17) is 5.11 Å². The number of anilines is 1. The molecule has 5 nitrogen and oxygen atoms in total. The molecule has 0 saturated heterocycles. The van der Waals surface area contributed by atoms with Crippen molar-refractivity contribution in [1.82, 2.24) is 5.32 Å². The summed E-state index contributed by atoms with van der Waals surface area (Å²) in [4.78, 5) is 22.5. The van der Waals surface area contributed by atoms with Crippen molar-refractivity contribution in [3.63, 3.8) is 0 Å². The molecule has 0 aliphatic heterocycles. The molecule has 110 valence electrons. The number of carbonyl (C=O) groups is 2. The van der Waals surface area contributed by atoms with Crippen molar-refractivity contribution in [2.45, 2.75) is 33.6 Å². The van der Waals surface area contributed by atoms with Gasteiger partial charge < -0.3 is 15.7 Å². The van der Waals surface area contributed by atoms with Crippen LogP contribution in [0.5, 0.6) is 0 Å². The van der Waals surface area contributed by atoms with E-state index in [1.54, 1.807) is 0 Å². The first-order valence-electron chi connectivity index (χ1n) is 6.76. The molecule has 3 N–H and O–H groups in total. The predicted molar refractivity (Wildman–Crippen MR) is 79.0 cm³/mol. The number of hydrogen-bond donors (Lipinski definition) is 3. The second-order valence-corrected chi connectivity index (χ2v) is 4.97. The summed E-state index contributed by atoms with van der Waals surface area (Å²) in [5.74, 6) is -0.884. The molecule has 0 saturated carbocycles. The number of carboxylic acid groups (broad SMARTS) is 1. The van der Waals surface area contributed by atoms with Crippen LogP contribution in [0.3, 0.4) is 0 Å².